The summed E-state index contributed by atoms with van der Waals surface area (Å²) in [5.41, 5.74) is 1.06. The van der Waals surface area contributed by atoms with Crippen LogP contribution in [0.3, 0.4) is 0 Å². The van der Waals surface area contributed by atoms with Crippen LogP contribution in [0.25, 0.3) is 11.3 Å². The fourth-order valence-electron chi connectivity index (χ4n) is 4.68. The van der Waals surface area contributed by atoms with Crippen LogP contribution in [0.1, 0.15) is 32.6 Å². The Kier molecular flexibility index (Phi) is 8.87. The van der Waals surface area contributed by atoms with E-state index >= 15 is 0 Å². The highest BCUT2D eigenvalue weighted by Crippen LogP contribution is 2.34. The lowest BCUT2D eigenvalue weighted by Crippen LogP contribution is -2.43. The van der Waals surface area contributed by atoms with Crippen molar-refractivity contribution in [2.24, 2.45) is 11.8 Å². The van der Waals surface area contributed by atoms with Crippen molar-refractivity contribution in [2.45, 2.75) is 38.6 Å². The maximum Gasteiger partial charge on any atom is 0.409 e. The Bertz CT molecular complexity index is 1100. The Morgan fingerprint density at radius 2 is 1.94 bits per heavy atom. The molecule has 194 valence electrons. The molecule has 9 nitrogen and oxygen atoms in total. The van der Waals surface area contributed by atoms with Gasteiger partial charge in [-0.05, 0) is 56.7 Å². The average Bonchev–Trinajstić information content (AvgIpc) is 2.91. The number of likely N-dealkylation sites (tertiary alicyclic amines) is 1. The molecule has 0 aromatic carbocycles. The van der Waals surface area contributed by atoms with Gasteiger partial charge in [0.2, 0.25) is 5.91 Å². The number of aromatic nitrogens is 2. The summed E-state index contributed by atoms with van der Waals surface area (Å²) in [5.74, 6) is 0.947. The van der Waals surface area contributed by atoms with Crippen molar-refractivity contribution < 1.29 is 19.1 Å². The maximum absolute atomic E-state index is 12.9. The topological polar surface area (TPSA) is 106 Å². The van der Waals surface area contributed by atoms with Crippen LogP contribution < -0.4 is 10.6 Å². The number of piperidine rings is 1. The number of nitrogens with zero attached hydrogens (tertiary/aromatic N) is 3. The van der Waals surface area contributed by atoms with Crippen LogP contribution in [-0.2, 0) is 14.3 Å². The SMILES string of the molecule is COC(=O)N1CCC[C@H](C(=O)Nc2cc(-c3nc(N[C@@H](C)C4CCOCC4)ccc3Cl)c(Cl)cn2)C1. The molecule has 2 aliphatic rings. The molecule has 2 aliphatic heterocycles. The molecule has 2 fully saturated rings. The van der Waals surface area contributed by atoms with Crippen LogP contribution in [0.5, 0.6) is 0 Å². The first-order chi connectivity index (χ1) is 17.4. The first-order valence-corrected chi connectivity index (χ1v) is 12.9. The van der Waals surface area contributed by atoms with Gasteiger partial charge in [-0.2, -0.15) is 0 Å². The summed E-state index contributed by atoms with van der Waals surface area (Å²) < 4.78 is 10.3. The summed E-state index contributed by atoms with van der Waals surface area (Å²) in [5, 5.41) is 7.13. The lowest BCUT2D eigenvalue weighted by Gasteiger charge is -2.30. The van der Waals surface area contributed by atoms with E-state index in [2.05, 4.69) is 22.5 Å². The van der Waals surface area contributed by atoms with Crippen LogP contribution in [0, 0.1) is 11.8 Å². The summed E-state index contributed by atoms with van der Waals surface area (Å²) >= 11 is 13.0. The Morgan fingerprint density at radius 1 is 1.17 bits per heavy atom. The molecule has 0 unspecified atom stereocenters. The van der Waals surface area contributed by atoms with Gasteiger partial charge >= 0.3 is 6.09 Å². The quantitative estimate of drug-likeness (QED) is 0.530. The second kappa shape index (κ2) is 12.1. The molecule has 11 heteroatoms. The molecule has 2 N–H and O–H groups in total. The monoisotopic (exact) mass is 535 g/mol. The molecule has 0 spiro atoms. The number of ether oxygens (including phenoxy) is 2. The zero-order valence-corrected chi connectivity index (χ0v) is 21.9. The van der Waals surface area contributed by atoms with Gasteiger partial charge in [-0.3, -0.25) is 4.79 Å². The van der Waals surface area contributed by atoms with Crippen molar-refractivity contribution in [2.75, 3.05) is 44.0 Å². The van der Waals surface area contributed by atoms with Crippen LogP contribution in [-0.4, -0.2) is 66.3 Å². The maximum atomic E-state index is 12.9. The fraction of sp³-hybridized carbons (Fsp3) is 0.520. The molecule has 2 saturated heterocycles. The predicted molar refractivity (Wildman–Crippen MR) is 139 cm³/mol. The van der Waals surface area contributed by atoms with Crippen LogP contribution in [0.4, 0.5) is 16.4 Å². The van der Waals surface area contributed by atoms with E-state index in [-0.39, 0.29) is 17.9 Å². The molecule has 4 heterocycles. The molecule has 2 amide bonds. The van der Waals surface area contributed by atoms with Gasteiger partial charge in [0.05, 0.1) is 28.8 Å². The van der Waals surface area contributed by atoms with Gasteiger partial charge in [0.25, 0.3) is 0 Å². The zero-order valence-electron chi connectivity index (χ0n) is 20.4. The Labute approximate surface area is 220 Å². The van der Waals surface area contributed by atoms with Crippen LogP contribution >= 0.6 is 23.2 Å². The number of rotatable bonds is 6. The molecule has 0 aliphatic carbocycles. The molecule has 2 atom stereocenters. The van der Waals surface area contributed by atoms with Gasteiger partial charge in [0.15, 0.2) is 0 Å². The standard InChI is InChI=1S/C25H31Cl2N5O4/c1-15(16-7-10-36-11-8-16)29-21-6-5-19(26)23(30-21)18-12-22(28-13-20(18)27)31-24(33)17-4-3-9-32(14-17)25(34)35-2/h5-6,12-13,15-17H,3-4,7-11,14H2,1-2H3,(H,29,30)(H,28,31,33)/t15-,17-/m0/s1. The number of halogens is 2. The van der Waals surface area contributed by atoms with Crippen molar-refractivity contribution in [3.63, 3.8) is 0 Å². The first-order valence-electron chi connectivity index (χ1n) is 12.2. The molecular weight excluding hydrogens is 505 g/mol. The smallest absolute Gasteiger partial charge is 0.409 e. The number of hydrogen-bond acceptors (Lipinski definition) is 7. The lowest BCUT2D eigenvalue weighted by atomic mass is 9.93. The highest BCUT2D eigenvalue weighted by Gasteiger charge is 2.29. The number of anilines is 2. The van der Waals surface area contributed by atoms with Gasteiger partial charge < -0.3 is 25.0 Å². The van der Waals surface area contributed by atoms with Crippen molar-refractivity contribution in [1.82, 2.24) is 14.9 Å². The average molecular weight is 536 g/mol. The van der Waals surface area contributed by atoms with Crippen molar-refractivity contribution in [1.29, 1.82) is 0 Å². The first kappa shape index (κ1) is 26.4. The normalized spacial score (nSPS) is 19.4. The molecule has 0 saturated carbocycles. The van der Waals surface area contributed by atoms with E-state index in [9.17, 15) is 9.59 Å². The molecule has 0 bridgehead atoms. The largest absolute Gasteiger partial charge is 0.453 e. The van der Waals surface area contributed by atoms with Crippen molar-refractivity contribution in [3.05, 3.63) is 34.4 Å². The Hall–Kier alpha value is -2.62. The third kappa shape index (κ3) is 6.38. The van der Waals surface area contributed by atoms with Crippen molar-refractivity contribution in [3.8, 4) is 11.3 Å². The van der Waals surface area contributed by atoms with E-state index in [4.69, 9.17) is 37.7 Å². The summed E-state index contributed by atoms with van der Waals surface area (Å²) in [7, 11) is 1.33. The minimum absolute atomic E-state index is 0.218. The zero-order chi connectivity index (χ0) is 25.7. The second-order valence-corrected chi connectivity index (χ2v) is 10.0. The number of methoxy groups -OCH3 is 1. The molecular formula is C25H31Cl2N5O4. The lowest BCUT2D eigenvalue weighted by molar-refractivity contribution is -0.121. The van der Waals surface area contributed by atoms with E-state index in [1.807, 2.05) is 6.07 Å². The van der Waals surface area contributed by atoms with Gasteiger partial charge in [-0.25, -0.2) is 14.8 Å². The molecule has 2 aromatic rings. The van der Waals surface area contributed by atoms with E-state index in [1.165, 1.54) is 18.2 Å². The number of carbonyl (C=O) groups excluding carboxylic acids is 2. The Morgan fingerprint density at radius 3 is 2.69 bits per heavy atom. The van der Waals surface area contributed by atoms with Gasteiger partial charge in [0.1, 0.15) is 11.6 Å². The number of nitrogens with one attached hydrogen (secondary N) is 2. The van der Waals surface area contributed by atoms with E-state index in [0.717, 1.165) is 32.5 Å². The molecule has 0 radical (unpaired) electrons. The number of hydrogen-bond donors (Lipinski definition) is 2. The molecule has 36 heavy (non-hydrogen) atoms. The summed E-state index contributed by atoms with van der Waals surface area (Å²) in [4.78, 5) is 35.3. The van der Waals surface area contributed by atoms with Gasteiger partial charge in [0, 0.05) is 44.1 Å². The fourth-order valence-corrected chi connectivity index (χ4v) is 5.08. The number of carbonyl (C=O) groups is 2. The third-order valence-electron chi connectivity index (χ3n) is 6.78. The Balaban J connectivity index is 1.49. The summed E-state index contributed by atoms with van der Waals surface area (Å²) in [6.45, 7) is 4.57. The molecule has 2 aromatic heterocycles. The number of pyridine rings is 2. The molecule has 4 rings (SSSR count). The van der Waals surface area contributed by atoms with Gasteiger partial charge in [-0.1, -0.05) is 23.2 Å². The van der Waals surface area contributed by atoms with Crippen LogP contribution in [0.15, 0.2) is 24.4 Å². The van der Waals surface area contributed by atoms with E-state index < -0.39 is 6.09 Å². The van der Waals surface area contributed by atoms with Crippen molar-refractivity contribution >= 4 is 46.8 Å². The minimum atomic E-state index is -0.431. The van der Waals surface area contributed by atoms with Gasteiger partial charge in [-0.15, -0.1) is 0 Å². The number of amides is 2. The summed E-state index contributed by atoms with van der Waals surface area (Å²) in [6.07, 6.45) is 4.44. The van der Waals surface area contributed by atoms with E-state index in [1.54, 1.807) is 12.1 Å². The highest BCUT2D eigenvalue weighted by molar-refractivity contribution is 6.36. The minimum Gasteiger partial charge on any atom is -0.453 e. The third-order valence-corrected chi connectivity index (χ3v) is 7.39. The van der Waals surface area contributed by atoms with Crippen LogP contribution in [0.2, 0.25) is 10.0 Å². The summed E-state index contributed by atoms with van der Waals surface area (Å²) in [6, 6.07) is 5.51. The second-order valence-electron chi connectivity index (χ2n) is 9.20. The highest BCUT2D eigenvalue weighted by atomic mass is 35.5. The van der Waals surface area contributed by atoms with E-state index in [0.29, 0.717) is 58.4 Å². The predicted octanol–water partition coefficient (Wildman–Crippen LogP) is 5.09.